The summed E-state index contributed by atoms with van der Waals surface area (Å²) in [6, 6.07) is 0. The minimum Gasteiger partial charge on any atom is -0.462 e. The molecule has 0 rings (SSSR count). The molecule has 0 aliphatic carbocycles. The van der Waals surface area contributed by atoms with Gasteiger partial charge in [-0.25, -0.2) is 4.57 Å². The Morgan fingerprint density at radius 1 is 0.238 bits per heavy atom. The summed E-state index contributed by atoms with van der Waals surface area (Å²) in [5.41, 5.74) is 0. The molecular weight excluding hydrogens is 1670 g/mol. The lowest BCUT2D eigenvalue weighted by Crippen LogP contribution is -2.30. The van der Waals surface area contributed by atoms with Crippen LogP contribution >= 0.6 is 7.82 Å². The maximum Gasteiger partial charge on any atom is 0.472 e. The molecule has 752 valence electrons. The Morgan fingerprint density at radius 3 is 0.659 bits per heavy atom. The van der Waals surface area contributed by atoms with Crippen molar-refractivity contribution in [2.24, 2.45) is 0 Å². The minimum atomic E-state index is -4.63. The second kappa shape index (κ2) is 110. The van der Waals surface area contributed by atoms with Crippen molar-refractivity contribution >= 4 is 25.7 Å². The molecule has 0 heterocycles. The van der Waals surface area contributed by atoms with Gasteiger partial charge in [-0.05, 0) is 12.8 Å². The van der Waals surface area contributed by atoms with Crippen LogP contribution in [0.25, 0.3) is 0 Å². The van der Waals surface area contributed by atoms with Crippen molar-refractivity contribution in [1.82, 2.24) is 5.32 Å². The van der Waals surface area contributed by atoms with E-state index in [1.54, 1.807) is 7.11 Å². The summed E-state index contributed by atoms with van der Waals surface area (Å²) in [7, 11) is -2.99. The van der Waals surface area contributed by atoms with Crippen LogP contribution in [0.3, 0.4) is 0 Å². The lowest BCUT2D eigenvalue weighted by atomic mass is 10.0. The smallest absolute Gasteiger partial charge is 0.462 e. The lowest BCUT2D eigenvalue weighted by Gasteiger charge is -2.20. The van der Waals surface area contributed by atoms with Gasteiger partial charge in [0.15, 0.2) is 6.10 Å². The van der Waals surface area contributed by atoms with Crippen LogP contribution in [-0.2, 0) is 151 Å². The maximum atomic E-state index is 12.9. The lowest BCUT2D eigenvalue weighted by molar-refractivity contribution is -0.161. The molecule has 0 fully saturated rings. The van der Waals surface area contributed by atoms with Gasteiger partial charge in [-0.15, -0.1) is 0 Å². The van der Waals surface area contributed by atoms with E-state index in [0.29, 0.717) is 310 Å². The van der Waals surface area contributed by atoms with Crippen LogP contribution in [-0.4, -0.2) is 373 Å². The average molecular weight is 1850 g/mol. The molecule has 0 aromatic rings. The number of amides is 1. The van der Waals surface area contributed by atoms with E-state index in [4.69, 9.17) is 132 Å². The number of unbranched alkanes of at least 4 members (excludes halogenated alkanes) is 28. The molecule has 1 unspecified atom stereocenters. The highest BCUT2D eigenvalue weighted by molar-refractivity contribution is 7.47. The quantitative estimate of drug-likeness (QED) is 0.0324. The molecule has 2 atom stereocenters. The first-order chi connectivity index (χ1) is 62.2. The number of hydrogen-bond acceptors (Lipinski definition) is 32. The molecular formula is C91H180NO33P. The summed E-state index contributed by atoms with van der Waals surface area (Å²) >= 11 is 0. The van der Waals surface area contributed by atoms with Crippen molar-refractivity contribution in [3.05, 3.63) is 0 Å². The Labute approximate surface area is 759 Å². The number of ether oxygens (including phenoxy) is 26. The van der Waals surface area contributed by atoms with E-state index in [1.165, 1.54) is 141 Å². The highest BCUT2D eigenvalue weighted by atomic mass is 31.2. The predicted molar refractivity (Wildman–Crippen MR) is 480 cm³/mol. The van der Waals surface area contributed by atoms with Gasteiger partial charge >= 0.3 is 19.8 Å². The Bertz CT molecular complexity index is 2170. The number of carbonyl (C=O) groups excluding carboxylic acids is 3. The zero-order chi connectivity index (χ0) is 90.7. The first-order valence-electron chi connectivity index (χ1n) is 48.2. The van der Waals surface area contributed by atoms with E-state index in [2.05, 4.69) is 19.2 Å². The van der Waals surface area contributed by atoms with Gasteiger partial charge in [-0.1, -0.05) is 194 Å². The number of esters is 2. The van der Waals surface area contributed by atoms with Gasteiger partial charge in [-0.3, -0.25) is 23.4 Å². The van der Waals surface area contributed by atoms with Gasteiger partial charge < -0.3 is 133 Å². The molecule has 1 amide bonds. The van der Waals surface area contributed by atoms with Crippen molar-refractivity contribution < 1.29 is 156 Å². The third-order valence-corrected chi connectivity index (χ3v) is 19.9. The molecule has 126 heavy (non-hydrogen) atoms. The molecule has 0 aliphatic heterocycles. The van der Waals surface area contributed by atoms with Crippen LogP contribution in [0, 0.1) is 0 Å². The van der Waals surface area contributed by atoms with Crippen LogP contribution < -0.4 is 5.32 Å². The second-order valence-corrected chi connectivity index (χ2v) is 31.4. The molecule has 0 aliphatic rings. The van der Waals surface area contributed by atoms with Crippen LogP contribution in [0.5, 0.6) is 0 Å². The highest BCUT2D eigenvalue weighted by Gasteiger charge is 2.26. The first-order valence-corrected chi connectivity index (χ1v) is 49.7. The van der Waals surface area contributed by atoms with Gasteiger partial charge in [0.2, 0.25) is 5.91 Å². The summed E-state index contributed by atoms with van der Waals surface area (Å²) in [4.78, 5) is 48.5. The SMILES string of the molecule is CCCCCCCCCCCCCCCCCC(=O)OC[C@H](COP(=O)(O)OCCNC(=O)CCOCCOCCOCCOCCOCCOCCOCCOCCOCCOCCOCCOCCOCCOCCOCCOCCOCCOCCOCCOCCOCCOCCOCCOC)OC(=O)CCCCCCCCCCCCCCCCC. The zero-order valence-electron chi connectivity index (χ0n) is 78.9. The molecule has 0 saturated heterocycles. The van der Waals surface area contributed by atoms with Gasteiger partial charge in [0.05, 0.1) is 324 Å². The van der Waals surface area contributed by atoms with Gasteiger partial charge in [0.1, 0.15) is 6.61 Å². The summed E-state index contributed by atoms with van der Waals surface area (Å²) in [6.07, 6.45) is 35.8. The van der Waals surface area contributed by atoms with Crippen molar-refractivity contribution in [3.8, 4) is 0 Å². The van der Waals surface area contributed by atoms with E-state index in [0.717, 1.165) is 38.5 Å². The topological polar surface area (TPSA) is 359 Å². The molecule has 0 bridgehead atoms. The number of hydrogen-bond donors (Lipinski definition) is 2. The summed E-state index contributed by atoms with van der Waals surface area (Å²) in [6.45, 7) is 24.9. The number of carbonyl (C=O) groups is 3. The molecule has 0 aromatic carbocycles. The second-order valence-electron chi connectivity index (χ2n) is 30.0. The highest BCUT2D eigenvalue weighted by Crippen LogP contribution is 2.43. The number of methoxy groups -OCH3 is 1. The van der Waals surface area contributed by atoms with E-state index < -0.39 is 32.5 Å². The average Bonchev–Trinajstić information content (AvgIpc) is 0.906. The predicted octanol–water partition coefficient (Wildman–Crippen LogP) is 12.6. The molecule has 0 radical (unpaired) electrons. The molecule has 34 nitrogen and oxygen atoms in total. The van der Waals surface area contributed by atoms with Gasteiger partial charge in [0, 0.05) is 32.9 Å². The third kappa shape index (κ3) is 109. The Hall–Kier alpha value is -2.44. The van der Waals surface area contributed by atoms with E-state index in [-0.39, 0.29) is 58.1 Å². The van der Waals surface area contributed by atoms with Crippen LogP contribution in [0.4, 0.5) is 0 Å². The fraction of sp³-hybridized carbons (Fsp3) is 0.967. The van der Waals surface area contributed by atoms with Gasteiger partial charge in [0.25, 0.3) is 0 Å². The molecule has 2 N–H and O–H groups in total. The van der Waals surface area contributed by atoms with Crippen LogP contribution in [0.2, 0.25) is 0 Å². The van der Waals surface area contributed by atoms with Gasteiger partial charge in [-0.2, -0.15) is 0 Å². The Morgan fingerprint density at radius 2 is 0.437 bits per heavy atom. The number of phosphoric acid groups is 1. The standard InChI is InChI=1S/C91H180NO33P/c1-4-6-8-10-12-14-16-18-20-22-24-26-28-30-32-34-90(94)122-86-88(125-91(95)35-33-31-29-27-25-23-21-19-17-15-13-11-9-7-5-2)87-124-126(96,97)123-39-37-92-89(93)36-38-99-42-43-101-46-47-103-50-51-105-54-55-107-58-59-109-62-63-111-66-67-113-70-71-115-74-75-117-78-79-119-82-83-121-85-84-120-81-80-118-77-76-116-73-72-114-69-68-112-65-64-110-61-60-108-57-56-106-53-52-104-49-48-102-45-44-100-41-40-98-3/h88H,4-87H2,1-3H3,(H,92,93)(H,96,97)/t88-/m1/s1. The summed E-state index contributed by atoms with van der Waals surface area (Å²) in [5, 5.41) is 2.62. The molecule has 35 heteroatoms. The zero-order valence-corrected chi connectivity index (χ0v) is 79.8. The van der Waals surface area contributed by atoms with Crippen molar-refractivity contribution in [2.75, 3.05) is 344 Å². The Kier molecular flexibility index (Phi) is 107. The van der Waals surface area contributed by atoms with E-state index in [9.17, 15) is 23.8 Å². The summed E-state index contributed by atoms with van der Waals surface area (Å²) in [5.74, 6) is -1.26. The fourth-order valence-electron chi connectivity index (χ4n) is 11.8. The number of nitrogens with one attached hydrogen (secondary N) is 1. The van der Waals surface area contributed by atoms with E-state index >= 15 is 0 Å². The molecule has 0 aromatic heterocycles. The largest absolute Gasteiger partial charge is 0.472 e. The van der Waals surface area contributed by atoms with Crippen molar-refractivity contribution in [2.45, 2.75) is 232 Å². The Balaban J connectivity index is 3.65. The normalized spacial score (nSPS) is 12.4. The number of rotatable bonds is 114. The number of phosphoric ester groups is 1. The maximum absolute atomic E-state index is 12.9. The monoisotopic (exact) mass is 1850 g/mol. The summed E-state index contributed by atoms with van der Waals surface area (Å²) < 4.78 is 166. The third-order valence-electron chi connectivity index (χ3n) is 18.9. The molecule has 0 saturated carbocycles. The minimum absolute atomic E-state index is 0.0580. The van der Waals surface area contributed by atoms with Crippen molar-refractivity contribution in [1.29, 1.82) is 0 Å². The first kappa shape index (κ1) is 124. The van der Waals surface area contributed by atoms with E-state index in [1.807, 2.05) is 0 Å². The van der Waals surface area contributed by atoms with Crippen molar-refractivity contribution in [3.63, 3.8) is 0 Å². The van der Waals surface area contributed by atoms with Crippen LogP contribution in [0.1, 0.15) is 226 Å². The van der Waals surface area contributed by atoms with Crippen LogP contribution in [0.15, 0.2) is 0 Å². The fourth-order valence-corrected chi connectivity index (χ4v) is 12.6. The molecule has 0 spiro atoms.